The van der Waals surface area contributed by atoms with E-state index in [1.807, 2.05) is 6.07 Å². The molecule has 0 spiro atoms. The summed E-state index contributed by atoms with van der Waals surface area (Å²) in [4.78, 5) is 23.1. The summed E-state index contributed by atoms with van der Waals surface area (Å²) in [7, 11) is 0. The largest absolute Gasteiger partial charge is 0.508 e. The number of nitriles is 1. The molecule has 6 nitrogen and oxygen atoms in total. The molecule has 0 bridgehead atoms. The minimum atomic E-state index is -0.665. The summed E-state index contributed by atoms with van der Waals surface area (Å²) in [5.74, 6) is -1.29. The second-order valence-corrected chi connectivity index (χ2v) is 4.31. The van der Waals surface area contributed by atoms with E-state index in [1.54, 1.807) is 0 Å². The molecular weight excluding hydrogens is 246 g/mol. The molecule has 1 heterocycles. The van der Waals surface area contributed by atoms with E-state index in [2.05, 4.69) is 10.6 Å². The normalized spacial score (nSPS) is 17.6. The number of hydrogen-bond donors (Lipinski definition) is 3. The van der Waals surface area contributed by atoms with Crippen LogP contribution in [0, 0.1) is 17.2 Å². The lowest BCUT2D eigenvalue weighted by Gasteiger charge is -2.10. The topological polar surface area (TPSA) is 102 Å². The maximum Gasteiger partial charge on any atom is 0.232 e. The third-order valence-corrected chi connectivity index (χ3v) is 3.03. The highest BCUT2D eigenvalue weighted by Crippen LogP contribution is 2.18. The molecule has 0 aliphatic carbocycles. The second kappa shape index (κ2) is 5.40. The number of benzene rings is 1. The van der Waals surface area contributed by atoms with Crippen molar-refractivity contribution in [3.63, 3.8) is 0 Å². The fourth-order valence-corrected chi connectivity index (χ4v) is 1.95. The van der Waals surface area contributed by atoms with Crippen molar-refractivity contribution in [1.82, 2.24) is 10.6 Å². The van der Waals surface area contributed by atoms with Crippen LogP contribution < -0.4 is 10.6 Å². The molecule has 0 saturated carbocycles. The molecule has 1 aromatic rings. The van der Waals surface area contributed by atoms with E-state index >= 15 is 0 Å². The van der Waals surface area contributed by atoms with E-state index < -0.39 is 5.92 Å². The average Bonchev–Trinajstić information content (AvgIpc) is 2.84. The van der Waals surface area contributed by atoms with Gasteiger partial charge in [-0.3, -0.25) is 9.59 Å². The summed E-state index contributed by atoms with van der Waals surface area (Å²) in [5.41, 5.74) is 0.853. The number of nitrogens with one attached hydrogen (secondary N) is 2. The van der Waals surface area contributed by atoms with Gasteiger partial charge in [0.15, 0.2) is 0 Å². The zero-order valence-corrected chi connectivity index (χ0v) is 10.1. The number of carbonyl (C=O) groups is 2. The molecule has 0 radical (unpaired) electrons. The van der Waals surface area contributed by atoms with Gasteiger partial charge in [-0.2, -0.15) is 5.26 Å². The van der Waals surface area contributed by atoms with Crippen molar-refractivity contribution in [2.45, 2.75) is 13.0 Å². The first-order valence-corrected chi connectivity index (χ1v) is 5.89. The van der Waals surface area contributed by atoms with Crippen molar-refractivity contribution < 1.29 is 14.7 Å². The highest BCUT2D eigenvalue weighted by atomic mass is 16.3. The van der Waals surface area contributed by atoms with Gasteiger partial charge in [0.05, 0.1) is 11.6 Å². The first-order valence-electron chi connectivity index (χ1n) is 5.89. The SMILES string of the molecule is N#Cc1ccc(O)c(CNC(=O)[C@H]2CCNC2=O)c1. The number of carbonyl (C=O) groups excluding carboxylic acids is 2. The summed E-state index contributed by atoms with van der Waals surface area (Å²) in [6.07, 6.45) is 0.481. The Morgan fingerprint density at radius 2 is 2.37 bits per heavy atom. The van der Waals surface area contributed by atoms with Gasteiger partial charge >= 0.3 is 0 Å². The lowest BCUT2D eigenvalue weighted by molar-refractivity contribution is -0.133. The Balaban J connectivity index is 2.01. The van der Waals surface area contributed by atoms with Crippen molar-refractivity contribution >= 4 is 11.8 Å². The van der Waals surface area contributed by atoms with Gasteiger partial charge in [0.25, 0.3) is 0 Å². The monoisotopic (exact) mass is 259 g/mol. The van der Waals surface area contributed by atoms with Gasteiger partial charge in [0, 0.05) is 18.7 Å². The average molecular weight is 259 g/mol. The minimum absolute atomic E-state index is 0.00942. The lowest BCUT2D eigenvalue weighted by atomic mass is 10.1. The molecule has 6 heteroatoms. The van der Waals surface area contributed by atoms with Crippen LogP contribution in [-0.2, 0) is 16.1 Å². The molecule has 0 unspecified atom stereocenters. The van der Waals surface area contributed by atoms with Gasteiger partial charge in [-0.25, -0.2) is 0 Å². The van der Waals surface area contributed by atoms with Gasteiger partial charge < -0.3 is 15.7 Å². The van der Waals surface area contributed by atoms with Crippen LogP contribution in [-0.4, -0.2) is 23.5 Å². The Labute approximate surface area is 110 Å². The van der Waals surface area contributed by atoms with E-state index in [9.17, 15) is 14.7 Å². The maximum absolute atomic E-state index is 11.8. The molecule has 1 aliphatic rings. The van der Waals surface area contributed by atoms with Crippen LogP contribution in [0.15, 0.2) is 18.2 Å². The van der Waals surface area contributed by atoms with Crippen molar-refractivity contribution in [2.24, 2.45) is 5.92 Å². The molecule has 0 aromatic heterocycles. The van der Waals surface area contributed by atoms with Gasteiger partial charge in [-0.15, -0.1) is 0 Å². The van der Waals surface area contributed by atoms with E-state index in [1.165, 1.54) is 18.2 Å². The van der Waals surface area contributed by atoms with Crippen LogP contribution in [0.5, 0.6) is 5.75 Å². The van der Waals surface area contributed by atoms with Crippen molar-refractivity contribution in [1.29, 1.82) is 5.26 Å². The Morgan fingerprint density at radius 1 is 1.58 bits per heavy atom. The standard InChI is InChI=1S/C13H13N3O3/c14-6-8-1-2-11(17)9(5-8)7-16-13(19)10-3-4-15-12(10)18/h1-2,5,10,17H,3-4,7H2,(H,15,18)(H,16,19)/t10-/m0/s1. The molecule has 1 aliphatic heterocycles. The molecular formula is C13H13N3O3. The zero-order valence-electron chi connectivity index (χ0n) is 10.1. The molecule has 1 aromatic carbocycles. The van der Waals surface area contributed by atoms with Crippen LogP contribution in [0.4, 0.5) is 0 Å². The van der Waals surface area contributed by atoms with E-state index in [4.69, 9.17) is 5.26 Å². The third kappa shape index (κ3) is 2.83. The first-order chi connectivity index (χ1) is 9.11. The number of hydrogen-bond acceptors (Lipinski definition) is 4. The summed E-state index contributed by atoms with van der Waals surface area (Å²) >= 11 is 0. The minimum Gasteiger partial charge on any atom is -0.508 e. The van der Waals surface area contributed by atoms with Gasteiger partial charge in [0.1, 0.15) is 11.7 Å². The fourth-order valence-electron chi connectivity index (χ4n) is 1.95. The number of nitrogens with zero attached hydrogens (tertiary/aromatic N) is 1. The third-order valence-electron chi connectivity index (χ3n) is 3.03. The Kier molecular flexibility index (Phi) is 3.66. The van der Waals surface area contributed by atoms with Gasteiger partial charge in [-0.1, -0.05) is 0 Å². The predicted octanol–water partition coefficient (Wildman–Crippen LogP) is 0.0162. The summed E-state index contributed by atoms with van der Waals surface area (Å²) in [6.45, 7) is 0.593. The molecule has 3 N–H and O–H groups in total. The van der Waals surface area contributed by atoms with Crippen molar-refractivity contribution in [2.75, 3.05) is 6.54 Å². The van der Waals surface area contributed by atoms with E-state index in [0.717, 1.165) is 0 Å². The lowest BCUT2D eigenvalue weighted by Crippen LogP contribution is -2.34. The molecule has 2 amide bonds. The van der Waals surface area contributed by atoms with Crippen LogP contribution in [0.3, 0.4) is 0 Å². The van der Waals surface area contributed by atoms with Gasteiger partial charge in [-0.05, 0) is 24.6 Å². The summed E-state index contributed by atoms with van der Waals surface area (Å²) in [6, 6.07) is 6.36. The number of phenols is 1. The van der Waals surface area contributed by atoms with Crippen molar-refractivity contribution in [3.8, 4) is 11.8 Å². The van der Waals surface area contributed by atoms with E-state index in [-0.39, 0.29) is 24.1 Å². The molecule has 1 atom stereocenters. The molecule has 1 fully saturated rings. The van der Waals surface area contributed by atoms with Crippen LogP contribution >= 0.6 is 0 Å². The smallest absolute Gasteiger partial charge is 0.232 e. The number of amides is 2. The summed E-state index contributed by atoms with van der Waals surface area (Å²) < 4.78 is 0. The van der Waals surface area contributed by atoms with Gasteiger partial charge in [0.2, 0.25) is 11.8 Å². The maximum atomic E-state index is 11.8. The Morgan fingerprint density at radius 3 is 3.00 bits per heavy atom. The Hall–Kier alpha value is -2.55. The quantitative estimate of drug-likeness (QED) is 0.666. The van der Waals surface area contributed by atoms with Crippen molar-refractivity contribution in [3.05, 3.63) is 29.3 Å². The highest BCUT2D eigenvalue weighted by Gasteiger charge is 2.30. The van der Waals surface area contributed by atoms with Crippen LogP contribution in [0.25, 0.3) is 0 Å². The van der Waals surface area contributed by atoms with E-state index in [0.29, 0.717) is 24.1 Å². The van der Waals surface area contributed by atoms with Crippen LogP contribution in [0.2, 0.25) is 0 Å². The van der Waals surface area contributed by atoms with Crippen LogP contribution in [0.1, 0.15) is 17.5 Å². The fraction of sp³-hybridized carbons (Fsp3) is 0.308. The second-order valence-electron chi connectivity index (χ2n) is 4.31. The predicted molar refractivity (Wildman–Crippen MR) is 65.8 cm³/mol. The summed E-state index contributed by atoms with van der Waals surface area (Å²) in [5, 5.41) is 23.6. The first kappa shape index (κ1) is 12.9. The molecule has 2 rings (SSSR count). The number of aromatic hydroxyl groups is 1. The molecule has 1 saturated heterocycles. The molecule has 98 valence electrons. The molecule has 19 heavy (non-hydrogen) atoms. The highest BCUT2D eigenvalue weighted by molar-refractivity contribution is 6.01. The Bertz CT molecular complexity index is 563. The number of rotatable bonds is 3. The zero-order chi connectivity index (χ0) is 13.8. The number of phenolic OH excluding ortho intramolecular Hbond substituents is 1.